The van der Waals surface area contributed by atoms with Crippen LogP contribution < -0.4 is 5.32 Å². The lowest BCUT2D eigenvalue weighted by molar-refractivity contribution is -0.113. The minimum absolute atomic E-state index is 0.0286. The fourth-order valence-corrected chi connectivity index (χ4v) is 1.69. The fourth-order valence-electron chi connectivity index (χ4n) is 1.69. The van der Waals surface area contributed by atoms with Crippen molar-refractivity contribution in [2.45, 2.75) is 25.7 Å². The van der Waals surface area contributed by atoms with Crippen molar-refractivity contribution in [2.75, 3.05) is 5.32 Å². The summed E-state index contributed by atoms with van der Waals surface area (Å²) in [5, 5.41) is 2.86. The predicted molar refractivity (Wildman–Crippen MR) is 59.4 cm³/mol. The van der Waals surface area contributed by atoms with Crippen LogP contribution in [0, 0.1) is 0 Å². The molecule has 1 aromatic heterocycles. The largest absolute Gasteiger partial charge is 0.322 e. The molecule has 1 aliphatic rings. The van der Waals surface area contributed by atoms with E-state index in [1.807, 2.05) is 6.08 Å². The van der Waals surface area contributed by atoms with Gasteiger partial charge in [-0.15, -0.1) is 0 Å². The summed E-state index contributed by atoms with van der Waals surface area (Å²) in [6.07, 6.45) is 9.63. The molecule has 1 N–H and O–H groups in total. The summed E-state index contributed by atoms with van der Waals surface area (Å²) in [6.45, 7) is 0. The lowest BCUT2D eigenvalue weighted by Crippen LogP contribution is -2.15. The Balaban J connectivity index is 2.00. The molecule has 2 rings (SSSR count). The van der Waals surface area contributed by atoms with E-state index in [0.717, 1.165) is 30.5 Å². The van der Waals surface area contributed by atoms with Crippen molar-refractivity contribution < 1.29 is 4.79 Å². The maximum Gasteiger partial charge on any atom is 0.251 e. The number of anilines is 1. The number of hydrogen-bond acceptors (Lipinski definition) is 2. The highest BCUT2D eigenvalue weighted by Crippen LogP contribution is 2.18. The quantitative estimate of drug-likeness (QED) is 0.800. The monoisotopic (exact) mass is 202 g/mol. The molecule has 0 atom stereocenters. The Morgan fingerprint density at radius 3 is 2.73 bits per heavy atom. The zero-order chi connectivity index (χ0) is 10.5. The second kappa shape index (κ2) is 4.73. The first-order valence-electron chi connectivity index (χ1n) is 5.27. The highest BCUT2D eigenvalue weighted by atomic mass is 16.1. The third-order valence-corrected chi connectivity index (χ3v) is 2.52. The summed E-state index contributed by atoms with van der Waals surface area (Å²) >= 11 is 0. The first-order valence-corrected chi connectivity index (χ1v) is 5.27. The molecule has 0 saturated heterocycles. The molecule has 0 aliphatic heterocycles. The minimum Gasteiger partial charge on any atom is -0.322 e. The smallest absolute Gasteiger partial charge is 0.251 e. The van der Waals surface area contributed by atoms with Gasteiger partial charge in [-0.2, -0.15) is 0 Å². The Morgan fingerprint density at radius 1 is 1.27 bits per heavy atom. The number of amides is 1. The van der Waals surface area contributed by atoms with E-state index in [1.54, 1.807) is 24.5 Å². The van der Waals surface area contributed by atoms with Crippen molar-refractivity contribution >= 4 is 11.6 Å². The minimum atomic E-state index is 0.0286. The predicted octanol–water partition coefficient (Wildman–Crippen LogP) is 2.52. The first kappa shape index (κ1) is 9.90. The van der Waals surface area contributed by atoms with E-state index in [1.165, 1.54) is 6.42 Å². The van der Waals surface area contributed by atoms with E-state index in [-0.39, 0.29) is 5.91 Å². The zero-order valence-corrected chi connectivity index (χ0v) is 8.57. The fraction of sp³-hybridized carbons (Fsp3) is 0.333. The van der Waals surface area contributed by atoms with Crippen molar-refractivity contribution in [3.05, 3.63) is 36.2 Å². The number of nitrogens with zero attached hydrogens (tertiary/aromatic N) is 1. The molecule has 1 aliphatic carbocycles. The molecular weight excluding hydrogens is 188 g/mol. The van der Waals surface area contributed by atoms with Gasteiger partial charge >= 0.3 is 0 Å². The van der Waals surface area contributed by atoms with Gasteiger partial charge in [0.1, 0.15) is 0 Å². The Bertz CT molecular complexity index is 370. The number of allylic oxidation sites excluding steroid dienone is 1. The van der Waals surface area contributed by atoms with E-state index in [4.69, 9.17) is 0 Å². The van der Waals surface area contributed by atoms with Crippen LogP contribution in [0.4, 0.5) is 5.69 Å². The van der Waals surface area contributed by atoms with Gasteiger partial charge in [0, 0.05) is 23.7 Å². The van der Waals surface area contributed by atoms with Crippen molar-refractivity contribution in [3.8, 4) is 0 Å². The lowest BCUT2D eigenvalue weighted by Gasteiger charge is -2.12. The standard InChI is InChI=1S/C12H14N2O/c15-12(10-4-2-1-3-5-10)14-11-6-8-13-9-7-11/h4,6-9H,1-3,5H2,(H,13,14,15). The van der Waals surface area contributed by atoms with Gasteiger partial charge in [0.05, 0.1) is 0 Å². The van der Waals surface area contributed by atoms with Gasteiger partial charge in [0.15, 0.2) is 0 Å². The molecule has 0 bridgehead atoms. The normalized spacial score (nSPS) is 15.6. The molecule has 15 heavy (non-hydrogen) atoms. The number of rotatable bonds is 2. The summed E-state index contributed by atoms with van der Waals surface area (Å²) in [5.41, 5.74) is 1.72. The van der Waals surface area contributed by atoms with E-state index in [0.29, 0.717) is 0 Å². The van der Waals surface area contributed by atoms with E-state index < -0.39 is 0 Å². The highest BCUT2D eigenvalue weighted by Gasteiger charge is 2.11. The van der Waals surface area contributed by atoms with Crippen LogP contribution in [0.1, 0.15) is 25.7 Å². The molecule has 1 amide bonds. The molecule has 0 saturated carbocycles. The van der Waals surface area contributed by atoms with Gasteiger partial charge in [0.2, 0.25) is 0 Å². The number of aromatic nitrogens is 1. The van der Waals surface area contributed by atoms with Crippen LogP contribution in [0.5, 0.6) is 0 Å². The zero-order valence-electron chi connectivity index (χ0n) is 8.57. The molecule has 1 heterocycles. The van der Waals surface area contributed by atoms with Gasteiger partial charge in [-0.05, 0) is 37.8 Å². The van der Waals surface area contributed by atoms with Crippen LogP contribution in [-0.4, -0.2) is 10.9 Å². The van der Waals surface area contributed by atoms with Gasteiger partial charge < -0.3 is 5.32 Å². The Labute approximate surface area is 89.2 Å². The van der Waals surface area contributed by atoms with Crippen molar-refractivity contribution in [1.29, 1.82) is 0 Å². The molecule has 0 fully saturated rings. The SMILES string of the molecule is O=C(Nc1ccncc1)C1=CCCCC1. The van der Waals surface area contributed by atoms with Crippen LogP contribution in [0.3, 0.4) is 0 Å². The average Bonchev–Trinajstić information content (AvgIpc) is 2.31. The van der Waals surface area contributed by atoms with Gasteiger partial charge in [-0.25, -0.2) is 0 Å². The Kier molecular flexibility index (Phi) is 3.12. The topological polar surface area (TPSA) is 42.0 Å². The maximum absolute atomic E-state index is 11.8. The molecule has 0 aromatic carbocycles. The second-order valence-electron chi connectivity index (χ2n) is 3.67. The van der Waals surface area contributed by atoms with Gasteiger partial charge in [-0.1, -0.05) is 6.08 Å². The highest BCUT2D eigenvalue weighted by molar-refractivity contribution is 6.03. The van der Waals surface area contributed by atoms with Crippen molar-refractivity contribution in [1.82, 2.24) is 4.98 Å². The van der Waals surface area contributed by atoms with Crippen LogP contribution in [-0.2, 0) is 4.79 Å². The van der Waals surface area contributed by atoms with Crippen LogP contribution in [0.2, 0.25) is 0 Å². The summed E-state index contributed by atoms with van der Waals surface area (Å²) < 4.78 is 0. The number of hydrogen-bond donors (Lipinski definition) is 1. The Morgan fingerprint density at radius 2 is 2.07 bits per heavy atom. The number of pyridine rings is 1. The summed E-state index contributed by atoms with van der Waals surface area (Å²) in [6, 6.07) is 3.59. The van der Waals surface area contributed by atoms with Crippen LogP contribution in [0.15, 0.2) is 36.2 Å². The van der Waals surface area contributed by atoms with Crippen molar-refractivity contribution in [2.24, 2.45) is 0 Å². The van der Waals surface area contributed by atoms with Gasteiger partial charge in [0.25, 0.3) is 5.91 Å². The van der Waals surface area contributed by atoms with Gasteiger partial charge in [-0.3, -0.25) is 9.78 Å². The van der Waals surface area contributed by atoms with E-state index >= 15 is 0 Å². The molecule has 0 radical (unpaired) electrons. The molecule has 0 spiro atoms. The molecule has 3 heteroatoms. The maximum atomic E-state index is 11.8. The van der Waals surface area contributed by atoms with E-state index in [2.05, 4.69) is 10.3 Å². The molecule has 0 unspecified atom stereocenters. The first-order chi connectivity index (χ1) is 7.36. The van der Waals surface area contributed by atoms with Crippen LogP contribution >= 0.6 is 0 Å². The Hall–Kier alpha value is -1.64. The molecule has 1 aromatic rings. The number of carbonyl (C=O) groups excluding carboxylic acids is 1. The lowest BCUT2D eigenvalue weighted by atomic mass is 9.99. The summed E-state index contributed by atoms with van der Waals surface area (Å²) in [5.74, 6) is 0.0286. The molecule has 3 nitrogen and oxygen atoms in total. The third kappa shape index (κ3) is 2.65. The third-order valence-electron chi connectivity index (χ3n) is 2.52. The van der Waals surface area contributed by atoms with E-state index in [9.17, 15) is 4.79 Å². The number of nitrogens with one attached hydrogen (secondary N) is 1. The average molecular weight is 202 g/mol. The summed E-state index contributed by atoms with van der Waals surface area (Å²) in [4.78, 5) is 15.7. The molecular formula is C12H14N2O. The summed E-state index contributed by atoms with van der Waals surface area (Å²) in [7, 11) is 0. The molecule has 78 valence electrons. The number of carbonyl (C=O) groups is 1. The van der Waals surface area contributed by atoms with Crippen molar-refractivity contribution in [3.63, 3.8) is 0 Å². The second-order valence-corrected chi connectivity index (χ2v) is 3.67. The van der Waals surface area contributed by atoms with Crippen LogP contribution in [0.25, 0.3) is 0 Å².